The third kappa shape index (κ3) is 2.83. The van der Waals surface area contributed by atoms with E-state index in [9.17, 15) is 0 Å². The maximum Gasteiger partial charge on any atom is 0.158 e. The number of hydrogen-bond acceptors (Lipinski definition) is 3. The van der Waals surface area contributed by atoms with Crippen molar-refractivity contribution in [2.45, 2.75) is 38.9 Å². The van der Waals surface area contributed by atoms with Gasteiger partial charge in [0.05, 0.1) is 13.2 Å². The van der Waals surface area contributed by atoms with Crippen molar-refractivity contribution in [3.05, 3.63) is 23.7 Å². The molecule has 1 aliphatic heterocycles. The summed E-state index contributed by atoms with van der Waals surface area (Å²) in [6.07, 6.45) is 1.82. The molecule has 0 N–H and O–H groups in total. The minimum absolute atomic E-state index is 0.0563. The smallest absolute Gasteiger partial charge is 0.158 e. The maximum atomic E-state index is 5.58. The SMILES string of the molecule is Cc1ccc(C(C)CC2OCCCO2)o1. The van der Waals surface area contributed by atoms with Gasteiger partial charge in [0.25, 0.3) is 0 Å². The Labute approximate surface area is 90.4 Å². The fourth-order valence-electron chi connectivity index (χ4n) is 1.80. The first-order valence-electron chi connectivity index (χ1n) is 5.55. The van der Waals surface area contributed by atoms with Crippen molar-refractivity contribution in [1.82, 2.24) is 0 Å². The number of hydrogen-bond donors (Lipinski definition) is 0. The van der Waals surface area contributed by atoms with E-state index in [1.54, 1.807) is 0 Å². The molecule has 0 bridgehead atoms. The molecular formula is C12H18O3. The summed E-state index contributed by atoms with van der Waals surface area (Å²) in [6, 6.07) is 4.03. The predicted molar refractivity (Wildman–Crippen MR) is 56.8 cm³/mol. The van der Waals surface area contributed by atoms with Crippen LogP contribution in [0.1, 0.15) is 37.2 Å². The maximum absolute atomic E-state index is 5.58. The average molecular weight is 210 g/mol. The third-order valence-electron chi connectivity index (χ3n) is 2.69. The van der Waals surface area contributed by atoms with E-state index in [1.807, 2.05) is 19.1 Å². The second-order valence-electron chi connectivity index (χ2n) is 4.11. The minimum Gasteiger partial charge on any atom is -0.466 e. The molecule has 1 atom stereocenters. The van der Waals surface area contributed by atoms with Gasteiger partial charge in [0.2, 0.25) is 0 Å². The van der Waals surface area contributed by atoms with Crippen molar-refractivity contribution < 1.29 is 13.9 Å². The summed E-state index contributed by atoms with van der Waals surface area (Å²) in [7, 11) is 0. The molecule has 0 aromatic carbocycles. The summed E-state index contributed by atoms with van der Waals surface area (Å²) in [4.78, 5) is 0. The lowest BCUT2D eigenvalue weighted by molar-refractivity contribution is -0.183. The Morgan fingerprint density at radius 2 is 2.07 bits per heavy atom. The van der Waals surface area contributed by atoms with E-state index < -0.39 is 0 Å². The summed E-state index contributed by atoms with van der Waals surface area (Å²) in [6.45, 7) is 5.73. The normalized spacial score (nSPS) is 20.4. The lowest BCUT2D eigenvalue weighted by Gasteiger charge is -2.24. The van der Waals surface area contributed by atoms with E-state index in [0.29, 0.717) is 5.92 Å². The van der Waals surface area contributed by atoms with Crippen LogP contribution in [0.4, 0.5) is 0 Å². The number of ether oxygens (including phenoxy) is 2. The fourth-order valence-corrected chi connectivity index (χ4v) is 1.80. The predicted octanol–water partition coefficient (Wildman–Crippen LogP) is 2.84. The Morgan fingerprint density at radius 1 is 1.33 bits per heavy atom. The van der Waals surface area contributed by atoms with Crippen LogP contribution < -0.4 is 0 Å². The van der Waals surface area contributed by atoms with E-state index in [-0.39, 0.29) is 6.29 Å². The molecule has 0 aliphatic carbocycles. The standard InChI is InChI=1S/C12H18O3/c1-9(11-5-4-10(2)15-11)8-12-13-6-3-7-14-12/h4-5,9,12H,3,6-8H2,1-2H3. The van der Waals surface area contributed by atoms with Crippen LogP contribution in [0, 0.1) is 6.92 Å². The summed E-state index contributed by atoms with van der Waals surface area (Å²) >= 11 is 0. The molecule has 0 spiro atoms. The van der Waals surface area contributed by atoms with Crippen molar-refractivity contribution >= 4 is 0 Å². The highest BCUT2D eigenvalue weighted by Crippen LogP contribution is 2.25. The van der Waals surface area contributed by atoms with Crippen LogP contribution in [0.15, 0.2) is 16.5 Å². The van der Waals surface area contributed by atoms with E-state index in [2.05, 4.69) is 6.92 Å². The van der Waals surface area contributed by atoms with Gasteiger partial charge in [-0.25, -0.2) is 0 Å². The minimum atomic E-state index is -0.0563. The van der Waals surface area contributed by atoms with Gasteiger partial charge in [-0.3, -0.25) is 0 Å². The van der Waals surface area contributed by atoms with Crippen molar-refractivity contribution in [2.75, 3.05) is 13.2 Å². The molecule has 2 rings (SSSR count). The van der Waals surface area contributed by atoms with Crippen molar-refractivity contribution in [3.63, 3.8) is 0 Å². The Morgan fingerprint density at radius 3 is 2.67 bits per heavy atom. The zero-order chi connectivity index (χ0) is 10.7. The average Bonchev–Trinajstić information content (AvgIpc) is 2.66. The highest BCUT2D eigenvalue weighted by molar-refractivity contribution is 5.09. The van der Waals surface area contributed by atoms with E-state index in [0.717, 1.165) is 37.6 Å². The van der Waals surface area contributed by atoms with Gasteiger partial charge >= 0.3 is 0 Å². The molecule has 1 aromatic rings. The van der Waals surface area contributed by atoms with Crippen LogP contribution in [-0.2, 0) is 9.47 Å². The van der Waals surface area contributed by atoms with Gasteiger partial charge in [-0.2, -0.15) is 0 Å². The topological polar surface area (TPSA) is 31.6 Å². The summed E-state index contributed by atoms with van der Waals surface area (Å²) in [5.41, 5.74) is 0. The molecule has 1 saturated heterocycles. The van der Waals surface area contributed by atoms with Gasteiger partial charge in [-0.15, -0.1) is 0 Å². The summed E-state index contributed by atoms with van der Waals surface area (Å²) in [5.74, 6) is 2.33. The van der Waals surface area contributed by atoms with Crippen LogP contribution in [0.2, 0.25) is 0 Å². The highest BCUT2D eigenvalue weighted by Gasteiger charge is 2.20. The summed E-state index contributed by atoms with van der Waals surface area (Å²) in [5, 5.41) is 0. The lowest BCUT2D eigenvalue weighted by Crippen LogP contribution is -2.26. The van der Waals surface area contributed by atoms with Gasteiger partial charge in [-0.05, 0) is 25.5 Å². The van der Waals surface area contributed by atoms with Crippen molar-refractivity contribution in [1.29, 1.82) is 0 Å². The second-order valence-corrected chi connectivity index (χ2v) is 4.11. The molecule has 0 saturated carbocycles. The molecule has 1 aromatic heterocycles. The van der Waals surface area contributed by atoms with Gasteiger partial charge in [-0.1, -0.05) is 6.92 Å². The Kier molecular flexibility index (Phi) is 3.44. The first-order chi connectivity index (χ1) is 7.25. The first-order valence-corrected chi connectivity index (χ1v) is 5.55. The molecule has 15 heavy (non-hydrogen) atoms. The second kappa shape index (κ2) is 4.81. The van der Waals surface area contributed by atoms with Crippen LogP contribution >= 0.6 is 0 Å². The molecule has 1 fully saturated rings. The Hall–Kier alpha value is -0.800. The number of aryl methyl sites for hydroxylation is 1. The van der Waals surface area contributed by atoms with Gasteiger partial charge < -0.3 is 13.9 Å². The molecule has 0 radical (unpaired) electrons. The van der Waals surface area contributed by atoms with E-state index in [4.69, 9.17) is 13.9 Å². The van der Waals surface area contributed by atoms with Gasteiger partial charge in [0.15, 0.2) is 6.29 Å². The highest BCUT2D eigenvalue weighted by atomic mass is 16.7. The molecule has 1 unspecified atom stereocenters. The quantitative estimate of drug-likeness (QED) is 0.768. The van der Waals surface area contributed by atoms with E-state index in [1.165, 1.54) is 0 Å². The van der Waals surface area contributed by atoms with E-state index >= 15 is 0 Å². The number of furan rings is 1. The molecule has 2 heterocycles. The summed E-state index contributed by atoms with van der Waals surface area (Å²) < 4.78 is 16.6. The first kappa shape index (κ1) is 10.7. The van der Waals surface area contributed by atoms with Gasteiger partial charge in [0.1, 0.15) is 11.5 Å². The van der Waals surface area contributed by atoms with Gasteiger partial charge in [0, 0.05) is 12.3 Å². The zero-order valence-corrected chi connectivity index (χ0v) is 9.36. The monoisotopic (exact) mass is 210 g/mol. The lowest BCUT2D eigenvalue weighted by atomic mass is 10.0. The largest absolute Gasteiger partial charge is 0.466 e. The molecule has 0 amide bonds. The zero-order valence-electron chi connectivity index (χ0n) is 9.36. The van der Waals surface area contributed by atoms with Crippen LogP contribution in [0.25, 0.3) is 0 Å². The van der Waals surface area contributed by atoms with Crippen molar-refractivity contribution in [2.24, 2.45) is 0 Å². The van der Waals surface area contributed by atoms with Crippen LogP contribution in [0.3, 0.4) is 0 Å². The molecule has 1 aliphatic rings. The molecule has 84 valence electrons. The van der Waals surface area contributed by atoms with Crippen molar-refractivity contribution in [3.8, 4) is 0 Å². The number of rotatable bonds is 3. The molecular weight excluding hydrogens is 192 g/mol. The van der Waals surface area contributed by atoms with Crippen LogP contribution in [-0.4, -0.2) is 19.5 Å². The Bertz CT molecular complexity index is 300. The Balaban J connectivity index is 1.88. The molecule has 3 heteroatoms. The molecule has 3 nitrogen and oxygen atoms in total. The third-order valence-corrected chi connectivity index (χ3v) is 2.69. The van der Waals surface area contributed by atoms with Crippen LogP contribution in [0.5, 0.6) is 0 Å². The fraction of sp³-hybridized carbons (Fsp3) is 0.667.